The zero-order valence-electron chi connectivity index (χ0n) is 11.1. The second-order valence-electron chi connectivity index (χ2n) is 5.14. The van der Waals surface area contributed by atoms with Gasteiger partial charge in [-0.3, -0.25) is 4.79 Å². The van der Waals surface area contributed by atoms with Crippen LogP contribution in [0.2, 0.25) is 5.02 Å². The topological polar surface area (TPSA) is 55.1 Å². The maximum Gasteiger partial charge on any atom is 0.240 e. The van der Waals surface area contributed by atoms with E-state index in [2.05, 4.69) is 21.2 Å². The van der Waals surface area contributed by atoms with Gasteiger partial charge in [0, 0.05) is 16.0 Å². The van der Waals surface area contributed by atoms with Crippen molar-refractivity contribution in [3.63, 3.8) is 0 Å². The van der Waals surface area contributed by atoms with Crippen molar-refractivity contribution in [3.05, 3.63) is 33.3 Å². The molecule has 0 aliphatic heterocycles. The molecule has 0 atom stereocenters. The summed E-state index contributed by atoms with van der Waals surface area (Å²) in [6, 6.07) is 5.63. The molecule has 0 bridgehead atoms. The van der Waals surface area contributed by atoms with Crippen LogP contribution in [0.1, 0.15) is 37.7 Å². The van der Waals surface area contributed by atoms with Crippen LogP contribution in [0.25, 0.3) is 0 Å². The van der Waals surface area contributed by atoms with Gasteiger partial charge >= 0.3 is 0 Å². The number of carbonyl (C=O) groups excluding carboxylic acids is 1. The molecule has 1 amide bonds. The molecule has 20 heavy (non-hydrogen) atoms. The van der Waals surface area contributed by atoms with E-state index < -0.39 is 5.54 Å². The van der Waals surface area contributed by atoms with Crippen molar-refractivity contribution in [1.82, 2.24) is 5.32 Å². The normalized spacial score (nSPS) is 17.1. The van der Waals surface area contributed by atoms with Gasteiger partial charge in [-0.15, -0.1) is 12.4 Å². The van der Waals surface area contributed by atoms with Gasteiger partial charge in [-0.05, 0) is 30.5 Å². The minimum absolute atomic E-state index is 0. The van der Waals surface area contributed by atoms with Crippen LogP contribution in [0.15, 0.2) is 22.7 Å². The first-order valence-electron chi connectivity index (χ1n) is 6.52. The summed E-state index contributed by atoms with van der Waals surface area (Å²) in [7, 11) is 0. The van der Waals surface area contributed by atoms with Gasteiger partial charge in [0.15, 0.2) is 0 Å². The Balaban J connectivity index is 0.00000200. The van der Waals surface area contributed by atoms with E-state index in [-0.39, 0.29) is 18.3 Å². The zero-order valence-corrected chi connectivity index (χ0v) is 14.3. The number of hydrogen-bond donors (Lipinski definition) is 2. The smallest absolute Gasteiger partial charge is 0.240 e. The van der Waals surface area contributed by atoms with E-state index in [1.165, 1.54) is 6.42 Å². The van der Waals surface area contributed by atoms with Gasteiger partial charge in [0.05, 0.1) is 5.54 Å². The number of halogens is 3. The van der Waals surface area contributed by atoms with Crippen LogP contribution in [0, 0.1) is 0 Å². The molecule has 6 heteroatoms. The summed E-state index contributed by atoms with van der Waals surface area (Å²) in [5.74, 6) is -0.0637. The van der Waals surface area contributed by atoms with Gasteiger partial charge in [0.2, 0.25) is 5.91 Å². The zero-order chi connectivity index (χ0) is 13.9. The largest absolute Gasteiger partial charge is 0.350 e. The maximum atomic E-state index is 12.2. The number of rotatable bonds is 3. The first-order valence-corrected chi connectivity index (χ1v) is 7.69. The average Bonchev–Trinajstić information content (AvgIpc) is 2.38. The molecule has 0 aromatic heterocycles. The van der Waals surface area contributed by atoms with Crippen molar-refractivity contribution in [1.29, 1.82) is 0 Å². The van der Waals surface area contributed by atoms with Crippen molar-refractivity contribution in [2.45, 2.75) is 44.2 Å². The van der Waals surface area contributed by atoms with Crippen molar-refractivity contribution >= 4 is 45.8 Å². The van der Waals surface area contributed by atoms with Crippen LogP contribution in [-0.2, 0) is 11.3 Å². The van der Waals surface area contributed by atoms with E-state index >= 15 is 0 Å². The van der Waals surface area contributed by atoms with Crippen LogP contribution in [0.4, 0.5) is 0 Å². The van der Waals surface area contributed by atoms with E-state index in [0.29, 0.717) is 11.6 Å². The second-order valence-corrected chi connectivity index (χ2v) is 6.46. The molecule has 1 aliphatic rings. The Labute approximate surface area is 139 Å². The van der Waals surface area contributed by atoms with E-state index in [4.69, 9.17) is 17.3 Å². The van der Waals surface area contributed by atoms with Gasteiger partial charge in [-0.25, -0.2) is 0 Å². The molecular formula is C14H19BrCl2N2O. The molecule has 1 saturated carbocycles. The first kappa shape index (κ1) is 17.8. The molecule has 1 aliphatic carbocycles. The van der Waals surface area contributed by atoms with E-state index in [1.807, 2.05) is 18.2 Å². The Kier molecular flexibility index (Phi) is 6.79. The van der Waals surface area contributed by atoms with Crippen LogP contribution in [0.3, 0.4) is 0 Å². The lowest BCUT2D eigenvalue weighted by Gasteiger charge is -2.31. The minimum atomic E-state index is -0.694. The Morgan fingerprint density at radius 3 is 2.60 bits per heavy atom. The highest BCUT2D eigenvalue weighted by Gasteiger charge is 2.34. The lowest BCUT2D eigenvalue weighted by molar-refractivity contribution is -0.127. The van der Waals surface area contributed by atoms with Crippen molar-refractivity contribution in [2.24, 2.45) is 5.73 Å². The fourth-order valence-electron chi connectivity index (χ4n) is 2.43. The highest BCUT2D eigenvalue weighted by molar-refractivity contribution is 9.10. The third-order valence-electron chi connectivity index (χ3n) is 3.65. The fourth-order valence-corrected chi connectivity index (χ4v) is 3.17. The lowest BCUT2D eigenvalue weighted by atomic mass is 9.82. The Hall–Kier alpha value is -0.290. The standard InChI is InChI=1S/C14H18BrClN2O.ClH/c15-11-5-4-10(12(16)8-11)9-18-13(19)14(17)6-2-1-3-7-14;/h4-5,8H,1-3,6-7,9,17H2,(H,18,19);1H. The summed E-state index contributed by atoms with van der Waals surface area (Å²) >= 11 is 9.48. The number of nitrogens with one attached hydrogen (secondary N) is 1. The number of hydrogen-bond acceptors (Lipinski definition) is 2. The second kappa shape index (κ2) is 7.64. The highest BCUT2D eigenvalue weighted by atomic mass is 79.9. The molecule has 3 N–H and O–H groups in total. The number of carbonyl (C=O) groups is 1. The van der Waals surface area contributed by atoms with Gasteiger partial charge in [0.25, 0.3) is 0 Å². The van der Waals surface area contributed by atoms with Crippen molar-refractivity contribution < 1.29 is 4.79 Å². The summed E-state index contributed by atoms with van der Waals surface area (Å²) < 4.78 is 0.926. The molecule has 0 radical (unpaired) electrons. The molecule has 2 rings (SSSR count). The van der Waals surface area contributed by atoms with E-state index in [0.717, 1.165) is 35.7 Å². The molecule has 0 spiro atoms. The predicted molar refractivity (Wildman–Crippen MR) is 88.3 cm³/mol. The summed E-state index contributed by atoms with van der Waals surface area (Å²) in [6.45, 7) is 0.421. The third-order valence-corrected chi connectivity index (χ3v) is 4.50. The number of nitrogens with two attached hydrogens (primary N) is 1. The Morgan fingerprint density at radius 2 is 2.00 bits per heavy atom. The summed E-state index contributed by atoms with van der Waals surface area (Å²) in [5, 5.41) is 3.55. The molecular weight excluding hydrogens is 363 g/mol. The number of amides is 1. The lowest BCUT2D eigenvalue weighted by Crippen LogP contribution is -2.54. The first-order chi connectivity index (χ1) is 9.01. The molecule has 112 valence electrons. The maximum absolute atomic E-state index is 12.2. The number of benzene rings is 1. The van der Waals surface area contributed by atoms with Gasteiger partial charge in [-0.1, -0.05) is 52.9 Å². The monoisotopic (exact) mass is 380 g/mol. The van der Waals surface area contributed by atoms with E-state index in [1.54, 1.807) is 0 Å². The molecule has 0 heterocycles. The molecule has 0 unspecified atom stereocenters. The molecule has 1 aromatic rings. The molecule has 1 aromatic carbocycles. The van der Waals surface area contributed by atoms with Crippen molar-refractivity contribution in [2.75, 3.05) is 0 Å². The molecule has 0 saturated heterocycles. The SMILES string of the molecule is Cl.NC1(C(=O)NCc2ccc(Br)cc2Cl)CCCCC1. The van der Waals surface area contributed by atoms with Gasteiger partial charge < -0.3 is 11.1 Å². The Morgan fingerprint density at radius 1 is 1.35 bits per heavy atom. The summed E-state index contributed by atoms with van der Waals surface area (Å²) in [5.41, 5.74) is 6.38. The van der Waals surface area contributed by atoms with Crippen LogP contribution in [-0.4, -0.2) is 11.4 Å². The average molecular weight is 382 g/mol. The van der Waals surface area contributed by atoms with Crippen LogP contribution >= 0.6 is 39.9 Å². The fraction of sp³-hybridized carbons (Fsp3) is 0.500. The van der Waals surface area contributed by atoms with Crippen LogP contribution < -0.4 is 11.1 Å². The molecule has 1 fully saturated rings. The summed E-state index contributed by atoms with van der Waals surface area (Å²) in [4.78, 5) is 12.2. The van der Waals surface area contributed by atoms with Crippen molar-refractivity contribution in [3.8, 4) is 0 Å². The minimum Gasteiger partial charge on any atom is -0.350 e. The van der Waals surface area contributed by atoms with Gasteiger partial charge in [-0.2, -0.15) is 0 Å². The quantitative estimate of drug-likeness (QED) is 0.836. The third kappa shape index (κ3) is 4.35. The highest BCUT2D eigenvalue weighted by Crippen LogP contribution is 2.26. The molecule has 3 nitrogen and oxygen atoms in total. The Bertz CT molecular complexity index is 476. The predicted octanol–water partition coefficient (Wildman–Crippen LogP) is 3.80. The van der Waals surface area contributed by atoms with Gasteiger partial charge in [0.1, 0.15) is 0 Å². The van der Waals surface area contributed by atoms with E-state index in [9.17, 15) is 4.79 Å². The summed E-state index contributed by atoms with van der Waals surface area (Å²) in [6.07, 6.45) is 4.77. The van der Waals surface area contributed by atoms with Crippen LogP contribution in [0.5, 0.6) is 0 Å².